The van der Waals surface area contributed by atoms with Gasteiger partial charge in [-0.25, -0.2) is 0 Å². The summed E-state index contributed by atoms with van der Waals surface area (Å²) in [7, 11) is -3.74. The Bertz CT molecular complexity index is 597. The standard InChI is InChI=1S/C12H14N2O4S/c15-14(16)11-6-8-12(9-7-11)19(17,18)13-10-4-2-1-3-5-10/h6-9H,1-5H2. The maximum Gasteiger partial charge on any atom is 0.282 e. The molecule has 1 aliphatic rings. The second-order valence-corrected chi connectivity index (χ2v) is 6.05. The maximum atomic E-state index is 12.0. The first-order chi connectivity index (χ1) is 8.99. The van der Waals surface area contributed by atoms with Crippen LogP contribution in [0.5, 0.6) is 0 Å². The van der Waals surface area contributed by atoms with Crippen molar-refractivity contribution in [3.05, 3.63) is 34.4 Å². The van der Waals surface area contributed by atoms with Crippen molar-refractivity contribution in [3.63, 3.8) is 0 Å². The van der Waals surface area contributed by atoms with Crippen molar-refractivity contribution in [2.45, 2.75) is 37.0 Å². The van der Waals surface area contributed by atoms with E-state index >= 15 is 0 Å². The molecule has 0 N–H and O–H groups in total. The van der Waals surface area contributed by atoms with Crippen LogP contribution in [0, 0.1) is 10.1 Å². The lowest BCUT2D eigenvalue weighted by Gasteiger charge is -2.11. The van der Waals surface area contributed by atoms with Crippen molar-refractivity contribution in [2.24, 2.45) is 4.40 Å². The third-order valence-corrected chi connectivity index (χ3v) is 4.39. The molecule has 0 bridgehead atoms. The molecule has 7 heteroatoms. The number of benzene rings is 1. The van der Waals surface area contributed by atoms with Crippen LogP contribution in [0.2, 0.25) is 0 Å². The summed E-state index contributed by atoms with van der Waals surface area (Å²) in [6.07, 6.45) is 4.47. The number of sulfonamides is 1. The molecule has 102 valence electrons. The number of nitrogens with zero attached hydrogens (tertiary/aromatic N) is 2. The Morgan fingerprint density at radius 2 is 1.63 bits per heavy atom. The number of non-ortho nitro benzene ring substituents is 1. The van der Waals surface area contributed by atoms with Gasteiger partial charge in [0.25, 0.3) is 15.7 Å². The molecule has 1 fully saturated rings. The van der Waals surface area contributed by atoms with Gasteiger partial charge in [-0.3, -0.25) is 10.1 Å². The van der Waals surface area contributed by atoms with Gasteiger partial charge in [0.1, 0.15) is 0 Å². The molecule has 1 saturated carbocycles. The summed E-state index contributed by atoms with van der Waals surface area (Å²) in [6, 6.07) is 4.79. The summed E-state index contributed by atoms with van der Waals surface area (Å²) in [5, 5.41) is 10.5. The third-order valence-electron chi connectivity index (χ3n) is 3.03. The molecule has 1 aromatic carbocycles. The molecule has 6 nitrogen and oxygen atoms in total. The number of rotatable bonds is 3. The second kappa shape index (κ2) is 5.48. The zero-order valence-electron chi connectivity index (χ0n) is 10.3. The summed E-state index contributed by atoms with van der Waals surface area (Å²) in [6.45, 7) is 0. The third kappa shape index (κ3) is 3.37. The molecular formula is C12H14N2O4S. The summed E-state index contributed by atoms with van der Waals surface area (Å²) >= 11 is 0. The SMILES string of the molecule is O=[N+]([O-])c1ccc(S(=O)(=O)N=C2CCCCC2)cc1. The van der Waals surface area contributed by atoms with E-state index in [0.717, 1.165) is 19.3 Å². The number of nitro groups is 1. The van der Waals surface area contributed by atoms with E-state index in [1.807, 2.05) is 0 Å². The highest BCUT2D eigenvalue weighted by atomic mass is 32.2. The molecule has 0 heterocycles. The first kappa shape index (κ1) is 13.7. The lowest BCUT2D eigenvalue weighted by molar-refractivity contribution is -0.384. The van der Waals surface area contributed by atoms with Crippen molar-refractivity contribution >= 4 is 21.4 Å². The van der Waals surface area contributed by atoms with E-state index < -0.39 is 14.9 Å². The molecule has 0 aliphatic heterocycles. The van der Waals surface area contributed by atoms with Gasteiger partial charge in [0.2, 0.25) is 0 Å². The Kier molecular flexibility index (Phi) is 3.94. The molecule has 1 aromatic rings. The molecule has 0 unspecified atom stereocenters. The molecular weight excluding hydrogens is 268 g/mol. The van der Waals surface area contributed by atoms with Gasteiger partial charge < -0.3 is 0 Å². The minimum atomic E-state index is -3.74. The van der Waals surface area contributed by atoms with Crippen molar-refractivity contribution in [2.75, 3.05) is 0 Å². The molecule has 0 amide bonds. The van der Waals surface area contributed by atoms with Crippen LogP contribution >= 0.6 is 0 Å². The highest BCUT2D eigenvalue weighted by molar-refractivity contribution is 7.90. The Labute approximate surface area is 111 Å². The lowest BCUT2D eigenvalue weighted by Crippen LogP contribution is -2.08. The van der Waals surface area contributed by atoms with Crippen LogP contribution in [0.4, 0.5) is 5.69 Å². The van der Waals surface area contributed by atoms with E-state index in [1.165, 1.54) is 24.3 Å². The molecule has 19 heavy (non-hydrogen) atoms. The average molecular weight is 282 g/mol. The molecule has 0 aromatic heterocycles. The number of hydrogen-bond acceptors (Lipinski definition) is 4. The van der Waals surface area contributed by atoms with Gasteiger partial charge in [-0.15, -0.1) is 0 Å². The monoisotopic (exact) mass is 282 g/mol. The van der Waals surface area contributed by atoms with Crippen LogP contribution in [-0.2, 0) is 10.0 Å². The fraction of sp³-hybridized carbons (Fsp3) is 0.417. The van der Waals surface area contributed by atoms with Crippen LogP contribution in [0.1, 0.15) is 32.1 Å². The van der Waals surface area contributed by atoms with Gasteiger partial charge in [-0.2, -0.15) is 12.8 Å². The van der Waals surface area contributed by atoms with E-state index in [0.29, 0.717) is 18.6 Å². The summed E-state index contributed by atoms with van der Waals surface area (Å²) in [5.41, 5.74) is 0.564. The van der Waals surface area contributed by atoms with Crippen LogP contribution in [-0.4, -0.2) is 19.1 Å². The van der Waals surface area contributed by atoms with E-state index in [4.69, 9.17) is 0 Å². The number of nitro benzene ring substituents is 1. The lowest BCUT2D eigenvalue weighted by atomic mass is 9.99. The Morgan fingerprint density at radius 1 is 1.05 bits per heavy atom. The summed E-state index contributed by atoms with van der Waals surface area (Å²) in [4.78, 5) is 9.94. The smallest absolute Gasteiger partial charge is 0.258 e. The Morgan fingerprint density at radius 3 is 2.16 bits per heavy atom. The van der Waals surface area contributed by atoms with Gasteiger partial charge in [0.05, 0.1) is 9.82 Å². The zero-order valence-corrected chi connectivity index (χ0v) is 11.1. The Hall–Kier alpha value is -1.76. The zero-order chi connectivity index (χ0) is 13.9. The van der Waals surface area contributed by atoms with Gasteiger partial charge >= 0.3 is 0 Å². The minimum absolute atomic E-state index is 0.00354. The Balaban J connectivity index is 2.26. The fourth-order valence-corrected chi connectivity index (χ4v) is 3.12. The van der Waals surface area contributed by atoms with E-state index in [-0.39, 0.29) is 10.6 Å². The number of hydrogen-bond donors (Lipinski definition) is 0. The van der Waals surface area contributed by atoms with Gasteiger partial charge in [0.15, 0.2) is 0 Å². The van der Waals surface area contributed by atoms with Crippen molar-refractivity contribution in [1.29, 1.82) is 0 Å². The normalized spacial score (nSPS) is 16.1. The van der Waals surface area contributed by atoms with Gasteiger partial charge in [-0.05, 0) is 37.8 Å². The fourth-order valence-electron chi connectivity index (χ4n) is 2.01. The van der Waals surface area contributed by atoms with Crippen LogP contribution < -0.4 is 0 Å². The predicted molar refractivity (Wildman–Crippen MR) is 70.8 cm³/mol. The van der Waals surface area contributed by atoms with Crippen LogP contribution in [0.3, 0.4) is 0 Å². The van der Waals surface area contributed by atoms with Crippen molar-refractivity contribution < 1.29 is 13.3 Å². The molecule has 0 radical (unpaired) electrons. The molecule has 0 spiro atoms. The van der Waals surface area contributed by atoms with E-state index in [2.05, 4.69) is 4.40 Å². The molecule has 2 rings (SSSR count). The van der Waals surface area contributed by atoms with Gasteiger partial charge in [-0.1, -0.05) is 6.42 Å². The molecule has 0 saturated heterocycles. The van der Waals surface area contributed by atoms with Crippen molar-refractivity contribution in [3.8, 4) is 0 Å². The summed E-state index contributed by atoms with van der Waals surface area (Å²) in [5.74, 6) is 0. The predicted octanol–water partition coefficient (Wildman–Crippen LogP) is 2.69. The highest BCUT2D eigenvalue weighted by Gasteiger charge is 2.17. The molecule has 0 atom stereocenters. The van der Waals surface area contributed by atoms with Crippen LogP contribution in [0.15, 0.2) is 33.6 Å². The first-order valence-electron chi connectivity index (χ1n) is 6.06. The van der Waals surface area contributed by atoms with E-state index in [1.54, 1.807) is 0 Å². The quantitative estimate of drug-likeness (QED) is 0.629. The minimum Gasteiger partial charge on any atom is -0.258 e. The first-order valence-corrected chi connectivity index (χ1v) is 7.50. The van der Waals surface area contributed by atoms with E-state index in [9.17, 15) is 18.5 Å². The van der Waals surface area contributed by atoms with Crippen molar-refractivity contribution in [1.82, 2.24) is 0 Å². The van der Waals surface area contributed by atoms with Crippen LogP contribution in [0.25, 0.3) is 0 Å². The van der Waals surface area contributed by atoms with Gasteiger partial charge in [0, 0.05) is 17.8 Å². The summed E-state index contributed by atoms with van der Waals surface area (Å²) < 4.78 is 27.9. The maximum absolute atomic E-state index is 12.0. The average Bonchev–Trinajstić information content (AvgIpc) is 2.39. The highest BCUT2D eigenvalue weighted by Crippen LogP contribution is 2.21. The topological polar surface area (TPSA) is 89.6 Å². The largest absolute Gasteiger partial charge is 0.282 e. The second-order valence-electron chi connectivity index (χ2n) is 4.44. The molecule has 1 aliphatic carbocycles.